The molecule has 27 heavy (non-hydrogen) atoms. The molecule has 0 radical (unpaired) electrons. The minimum Gasteiger partial charge on any atom is -0.481 e. The number of amides is 1. The van der Waals surface area contributed by atoms with E-state index in [9.17, 15) is 4.79 Å². The van der Waals surface area contributed by atoms with Gasteiger partial charge in [0.2, 0.25) is 0 Å². The highest BCUT2D eigenvalue weighted by molar-refractivity contribution is 6.30. The molecule has 0 bridgehead atoms. The first-order chi connectivity index (χ1) is 13.1. The van der Waals surface area contributed by atoms with Gasteiger partial charge in [-0.05, 0) is 42.3 Å². The highest BCUT2D eigenvalue weighted by atomic mass is 35.5. The average molecular weight is 389 g/mol. The van der Waals surface area contributed by atoms with Crippen LogP contribution in [0.25, 0.3) is 0 Å². The standard InChI is InChI=1S/C21H25ClN2O3/c1-16(27-20-7-5-19(22)6-8-20)21(25)23-14-17-3-2-4-18(13-17)15-24-9-11-26-12-10-24/h2-8,13,16H,9-12,14-15H2,1H3,(H,23,25)/t16-/m0/s1. The average Bonchev–Trinajstić information content (AvgIpc) is 2.69. The number of rotatable bonds is 7. The van der Waals surface area contributed by atoms with E-state index in [1.807, 2.05) is 12.1 Å². The zero-order valence-electron chi connectivity index (χ0n) is 15.5. The third-order valence-electron chi connectivity index (χ3n) is 4.46. The maximum atomic E-state index is 12.3. The summed E-state index contributed by atoms with van der Waals surface area (Å²) in [5.74, 6) is 0.470. The molecule has 3 rings (SSSR count). The molecule has 0 spiro atoms. The van der Waals surface area contributed by atoms with Crippen molar-refractivity contribution in [3.8, 4) is 5.75 Å². The molecule has 1 fully saturated rings. The second-order valence-electron chi connectivity index (χ2n) is 6.64. The van der Waals surface area contributed by atoms with Gasteiger partial charge >= 0.3 is 0 Å². The van der Waals surface area contributed by atoms with Crippen LogP contribution in [0.3, 0.4) is 0 Å². The van der Waals surface area contributed by atoms with Crippen LogP contribution in [0.2, 0.25) is 5.02 Å². The molecule has 1 atom stereocenters. The van der Waals surface area contributed by atoms with Gasteiger partial charge in [-0.3, -0.25) is 9.69 Å². The summed E-state index contributed by atoms with van der Waals surface area (Å²) >= 11 is 5.86. The van der Waals surface area contributed by atoms with Gasteiger partial charge in [0, 0.05) is 31.2 Å². The number of halogens is 1. The molecule has 6 heteroatoms. The lowest BCUT2D eigenvalue weighted by Crippen LogP contribution is -2.36. The molecule has 0 saturated carbocycles. The van der Waals surface area contributed by atoms with Crippen LogP contribution in [-0.2, 0) is 22.6 Å². The van der Waals surface area contributed by atoms with Gasteiger partial charge in [-0.1, -0.05) is 35.9 Å². The highest BCUT2D eigenvalue weighted by Crippen LogP contribution is 2.17. The number of morpholine rings is 1. The predicted molar refractivity (Wildman–Crippen MR) is 106 cm³/mol. The summed E-state index contributed by atoms with van der Waals surface area (Å²) in [5.41, 5.74) is 2.32. The molecule has 5 nitrogen and oxygen atoms in total. The van der Waals surface area contributed by atoms with Crippen LogP contribution in [0.1, 0.15) is 18.1 Å². The summed E-state index contributed by atoms with van der Waals surface area (Å²) in [6, 6.07) is 15.3. The normalized spacial score (nSPS) is 15.9. The molecule has 1 heterocycles. The van der Waals surface area contributed by atoms with Crippen molar-refractivity contribution in [2.75, 3.05) is 26.3 Å². The number of carbonyl (C=O) groups is 1. The SMILES string of the molecule is C[C@H](Oc1ccc(Cl)cc1)C(=O)NCc1cccc(CN2CCOCC2)c1. The van der Waals surface area contributed by atoms with Crippen LogP contribution >= 0.6 is 11.6 Å². The van der Waals surface area contributed by atoms with E-state index in [0.29, 0.717) is 17.3 Å². The van der Waals surface area contributed by atoms with Crippen molar-refractivity contribution in [1.29, 1.82) is 0 Å². The third kappa shape index (κ3) is 6.24. The molecule has 2 aromatic carbocycles. The Morgan fingerprint density at radius 3 is 2.63 bits per heavy atom. The lowest BCUT2D eigenvalue weighted by Gasteiger charge is -2.26. The van der Waals surface area contributed by atoms with Crippen molar-refractivity contribution in [2.45, 2.75) is 26.1 Å². The topological polar surface area (TPSA) is 50.8 Å². The Morgan fingerprint density at radius 2 is 1.89 bits per heavy atom. The van der Waals surface area contributed by atoms with Gasteiger partial charge in [-0.2, -0.15) is 0 Å². The van der Waals surface area contributed by atoms with Crippen molar-refractivity contribution < 1.29 is 14.3 Å². The first kappa shape index (κ1) is 19.7. The predicted octanol–water partition coefficient (Wildman–Crippen LogP) is 3.26. The Labute approximate surface area is 165 Å². The molecule has 0 aliphatic carbocycles. The summed E-state index contributed by atoms with van der Waals surface area (Å²) in [7, 11) is 0. The highest BCUT2D eigenvalue weighted by Gasteiger charge is 2.15. The van der Waals surface area contributed by atoms with Gasteiger partial charge in [0.05, 0.1) is 13.2 Å². The Balaban J connectivity index is 1.49. The van der Waals surface area contributed by atoms with E-state index >= 15 is 0 Å². The molecule has 0 aromatic heterocycles. The summed E-state index contributed by atoms with van der Waals surface area (Å²) in [4.78, 5) is 14.7. The van der Waals surface area contributed by atoms with E-state index in [2.05, 4.69) is 22.3 Å². The maximum Gasteiger partial charge on any atom is 0.261 e. The largest absolute Gasteiger partial charge is 0.481 e. The lowest BCUT2D eigenvalue weighted by molar-refractivity contribution is -0.127. The van der Waals surface area contributed by atoms with Crippen LogP contribution in [0, 0.1) is 0 Å². The van der Waals surface area contributed by atoms with Gasteiger partial charge in [-0.25, -0.2) is 0 Å². The third-order valence-corrected chi connectivity index (χ3v) is 4.72. The van der Waals surface area contributed by atoms with Crippen molar-refractivity contribution >= 4 is 17.5 Å². The fourth-order valence-electron chi connectivity index (χ4n) is 2.96. The zero-order chi connectivity index (χ0) is 19.1. The molecule has 1 aliphatic heterocycles. The zero-order valence-corrected chi connectivity index (χ0v) is 16.2. The minimum atomic E-state index is -0.581. The van der Waals surface area contributed by atoms with Crippen LogP contribution in [-0.4, -0.2) is 43.2 Å². The van der Waals surface area contributed by atoms with Gasteiger partial charge in [-0.15, -0.1) is 0 Å². The Kier molecular flexibility index (Phi) is 7.10. The van der Waals surface area contributed by atoms with Crippen LogP contribution < -0.4 is 10.1 Å². The molecular formula is C21H25ClN2O3. The molecule has 0 unspecified atom stereocenters. The Hall–Kier alpha value is -2.08. The lowest BCUT2D eigenvalue weighted by atomic mass is 10.1. The van der Waals surface area contributed by atoms with E-state index in [4.69, 9.17) is 21.1 Å². The summed E-state index contributed by atoms with van der Waals surface area (Å²) in [6.45, 7) is 6.62. The molecule has 1 saturated heterocycles. The number of hydrogen-bond acceptors (Lipinski definition) is 4. The van der Waals surface area contributed by atoms with Crippen LogP contribution in [0.15, 0.2) is 48.5 Å². The first-order valence-corrected chi connectivity index (χ1v) is 9.56. The summed E-state index contributed by atoms with van der Waals surface area (Å²) in [6.07, 6.45) is -0.581. The van der Waals surface area contributed by atoms with Crippen molar-refractivity contribution in [2.24, 2.45) is 0 Å². The molecule has 1 aliphatic rings. The van der Waals surface area contributed by atoms with Gasteiger partial charge in [0.15, 0.2) is 6.10 Å². The van der Waals surface area contributed by atoms with Crippen LogP contribution in [0.4, 0.5) is 0 Å². The first-order valence-electron chi connectivity index (χ1n) is 9.18. The number of ether oxygens (including phenoxy) is 2. The maximum absolute atomic E-state index is 12.3. The Morgan fingerprint density at radius 1 is 1.19 bits per heavy atom. The van der Waals surface area contributed by atoms with Gasteiger partial charge in [0.1, 0.15) is 5.75 Å². The quantitative estimate of drug-likeness (QED) is 0.791. The minimum absolute atomic E-state index is 0.150. The van der Waals surface area contributed by atoms with Gasteiger partial charge < -0.3 is 14.8 Å². The second-order valence-corrected chi connectivity index (χ2v) is 7.08. The van der Waals surface area contributed by atoms with E-state index < -0.39 is 6.10 Å². The van der Waals surface area contributed by atoms with E-state index in [0.717, 1.165) is 38.4 Å². The van der Waals surface area contributed by atoms with Gasteiger partial charge in [0.25, 0.3) is 5.91 Å². The number of nitrogens with zero attached hydrogens (tertiary/aromatic N) is 1. The fraction of sp³-hybridized carbons (Fsp3) is 0.381. The fourth-order valence-corrected chi connectivity index (χ4v) is 3.09. The molecular weight excluding hydrogens is 364 g/mol. The molecule has 1 amide bonds. The monoisotopic (exact) mass is 388 g/mol. The smallest absolute Gasteiger partial charge is 0.261 e. The van der Waals surface area contributed by atoms with E-state index in [1.54, 1.807) is 31.2 Å². The second kappa shape index (κ2) is 9.74. The van der Waals surface area contributed by atoms with Crippen molar-refractivity contribution in [1.82, 2.24) is 10.2 Å². The molecule has 144 valence electrons. The van der Waals surface area contributed by atoms with Crippen molar-refractivity contribution in [3.05, 3.63) is 64.7 Å². The molecule has 1 N–H and O–H groups in total. The number of benzene rings is 2. The molecule has 2 aromatic rings. The summed E-state index contributed by atoms with van der Waals surface area (Å²) < 4.78 is 11.0. The number of hydrogen-bond donors (Lipinski definition) is 1. The van der Waals surface area contributed by atoms with E-state index in [1.165, 1.54) is 5.56 Å². The van der Waals surface area contributed by atoms with Crippen LogP contribution in [0.5, 0.6) is 5.75 Å². The number of nitrogens with one attached hydrogen (secondary N) is 1. The van der Waals surface area contributed by atoms with Crippen molar-refractivity contribution in [3.63, 3.8) is 0 Å². The Bertz CT molecular complexity index is 745. The van der Waals surface area contributed by atoms with E-state index in [-0.39, 0.29) is 5.91 Å². The number of carbonyl (C=O) groups excluding carboxylic acids is 1. The summed E-state index contributed by atoms with van der Waals surface area (Å²) in [5, 5.41) is 3.57.